The zero-order chi connectivity index (χ0) is 11.7. The third-order valence-corrected chi connectivity index (χ3v) is 2.57. The van der Waals surface area contributed by atoms with E-state index in [2.05, 4.69) is 15.5 Å². The molecule has 86 valence electrons. The van der Waals surface area contributed by atoms with Crippen molar-refractivity contribution in [2.45, 2.75) is 20.4 Å². The molecule has 0 unspecified atom stereocenters. The topological polar surface area (TPSA) is 47.7 Å². The lowest BCUT2D eigenvalue weighted by Crippen LogP contribution is -2.02. The lowest BCUT2D eigenvalue weighted by atomic mass is 10.2. The third kappa shape index (κ3) is 2.08. The minimum absolute atomic E-state index is 0.761. The molecular weight excluding hydrogens is 202 g/mol. The molecular formula is C11H17N5. The summed E-state index contributed by atoms with van der Waals surface area (Å²) in [5.41, 5.74) is 3.42. The average molecular weight is 219 g/mol. The SMILES string of the molecule is Cc1cn(C)nc1NCc1cn(C)nc1C. The lowest BCUT2D eigenvalue weighted by molar-refractivity contribution is 0.756. The summed E-state index contributed by atoms with van der Waals surface area (Å²) in [6.07, 6.45) is 4.03. The fourth-order valence-electron chi connectivity index (χ4n) is 1.78. The minimum atomic E-state index is 0.761. The summed E-state index contributed by atoms with van der Waals surface area (Å²) in [4.78, 5) is 0. The molecule has 1 N–H and O–H groups in total. The molecule has 0 fully saturated rings. The molecule has 2 aromatic rings. The maximum absolute atomic E-state index is 4.34. The molecule has 0 saturated carbocycles. The Morgan fingerprint density at radius 3 is 2.31 bits per heavy atom. The van der Waals surface area contributed by atoms with E-state index in [4.69, 9.17) is 0 Å². The maximum Gasteiger partial charge on any atom is 0.151 e. The average Bonchev–Trinajstić information content (AvgIpc) is 2.66. The van der Waals surface area contributed by atoms with Crippen molar-refractivity contribution in [1.29, 1.82) is 0 Å². The second kappa shape index (κ2) is 4.00. The first kappa shape index (κ1) is 10.7. The normalized spacial score (nSPS) is 10.8. The van der Waals surface area contributed by atoms with Crippen LogP contribution in [0.2, 0.25) is 0 Å². The van der Waals surface area contributed by atoms with Crippen LogP contribution in [0.5, 0.6) is 0 Å². The van der Waals surface area contributed by atoms with Crippen LogP contribution in [-0.4, -0.2) is 19.6 Å². The van der Waals surface area contributed by atoms with Crippen molar-refractivity contribution < 1.29 is 0 Å². The number of nitrogens with zero attached hydrogens (tertiary/aromatic N) is 4. The molecule has 0 atom stereocenters. The zero-order valence-corrected chi connectivity index (χ0v) is 10.2. The Kier molecular flexibility index (Phi) is 2.68. The summed E-state index contributed by atoms with van der Waals surface area (Å²) in [6, 6.07) is 0. The van der Waals surface area contributed by atoms with E-state index in [-0.39, 0.29) is 0 Å². The predicted molar refractivity (Wildman–Crippen MR) is 63.2 cm³/mol. The first-order chi connectivity index (χ1) is 7.56. The van der Waals surface area contributed by atoms with Crippen molar-refractivity contribution in [3.8, 4) is 0 Å². The number of aromatic nitrogens is 4. The van der Waals surface area contributed by atoms with E-state index < -0.39 is 0 Å². The number of hydrogen-bond acceptors (Lipinski definition) is 3. The Labute approximate surface area is 95.1 Å². The van der Waals surface area contributed by atoms with Gasteiger partial charge >= 0.3 is 0 Å². The molecule has 0 spiro atoms. The molecule has 0 aromatic carbocycles. The van der Waals surface area contributed by atoms with Gasteiger partial charge in [-0.15, -0.1) is 0 Å². The summed E-state index contributed by atoms with van der Waals surface area (Å²) < 4.78 is 3.64. The van der Waals surface area contributed by atoms with Crippen LogP contribution in [0.4, 0.5) is 5.82 Å². The molecule has 2 rings (SSSR count). The number of rotatable bonds is 3. The highest BCUT2D eigenvalue weighted by molar-refractivity contribution is 5.42. The van der Waals surface area contributed by atoms with Crippen molar-refractivity contribution in [3.05, 3.63) is 29.2 Å². The largest absolute Gasteiger partial charge is 0.364 e. The summed E-state index contributed by atoms with van der Waals surface area (Å²) in [5.74, 6) is 0.936. The van der Waals surface area contributed by atoms with Crippen LogP contribution in [0.25, 0.3) is 0 Å². The van der Waals surface area contributed by atoms with Crippen molar-refractivity contribution in [2.75, 3.05) is 5.32 Å². The van der Waals surface area contributed by atoms with Gasteiger partial charge in [-0.3, -0.25) is 9.36 Å². The zero-order valence-electron chi connectivity index (χ0n) is 10.2. The van der Waals surface area contributed by atoms with Crippen molar-refractivity contribution in [2.24, 2.45) is 14.1 Å². The molecule has 0 amide bonds. The van der Waals surface area contributed by atoms with Crippen LogP contribution in [-0.2, 0) is 20.6 Å². The first-order valence-electron chi connectivity index (χ1n) is 5.29. The summed E-state index contributed by atoms with van der Waals surface area (Å²) >= 11 is 0. The molecule has 0 aliphatic heterocycles. The second-order valence-electron chi connectivity index (χ2n) is 4.10. The molecule has 2 aromatic heterocycles. The Morgan fingerprint density at radius 2 is 1.81 bits per heavy atom. The molecule has 0 aliphatic rings. The molecule has 5 heteroatoms. The van der Waals surface area contributed by atoms with Crippen LogP contribution in [0.3, 0.4) is 0 Å². The van der Waals surface area contributed by atoms with Gasteiger partial charge in [0.25, 0.3) is 0 Å². The summed E-state index contributed by atoms with van der Waals surface area (Å²) in [5, 5.41) is 12.0. The minimum Gasteiger partial charge on any atom is -0.364 e. The molecule has 16 heavy (non-hydrogen) atoms. The van der Waals surface area contributed by atoms with Crippen LogP contribution < -0.4 is 5.32 Å². The van der Waals surface area contributed by atoms with E-state index in [9.17, 15) is 0 Å². The van der Waals surface area contributed by atoms with Gasteiger partial charge in [-0.05, 0) is 13.8 Å². The van der Waals surface area contributed by atoms with E-state index in [0.717, 1.165) is 23.6 Å². The van der Waals surface area contributed by atoms with Crippen molar-refractivity contribution in [3.63, 3.8) is 0 Å². The van der Waals surface area contributed by atoms with E-state index in [1.54, 1.807) is 0 Å². The van der Waals surface area contributed by atoms with Gasteiger partial charge in [0.15, 0.2) is 5.82 Å². The van der Waals surface area contributed by atoms with Gasteiger partial charge in [0.2, 0.25) is 0 Å². The lowest BCUT2D eigenvalue weighted by Gasteiger charge is -2.02. The molecule has 0 aliphatic carbocycles. The maximum atomic E-state index is 4.34. The molecule has 0 bridgehead atoms. The number of anilines is 1. The van der Waals surface area contributed by atoms with Crippen LogP contribution >= 0.6 is 0 Å². The van der Waals surface area contributed by atoms with E-state index in [1.807, 2.05) is 49.7 Å². The summed E-state index contributed by atoms with van der Waals surface area (Å²) in [6.45, 7) is 4.82. The number of aryl methyl sites for hydroxylation is 4. The Bertz CT molecular complexity index is 448. The quantitative estimate of drug-likeness (QED) is 0.848. The predicted octanol–water partition coefficient (Wildman–Crippen LogP) is 1.38. The highest BCUT2D eigenvalue weighted by Gasteiger charge is 2.05. The fraction of sp³-hybridized carbons (Fsp3) is 0.455. The van der Waals surface area contributed by atoms with E-state index >= 15 is 0 Å². The van der Waals surface area contributed by atoms with E-state index in [1.165, 1.54) is 5.56 Å². The monoisotopic (exact) mass is 219 g/mol. The summed E-state index contributed by atoms with van der Waals surface area (Å²) in [7, 11) is 3.86. The van der Waals surface area contributed by atoms with Crippen molar-refractivity contribution in [1.82, 2.24) is 19.6 Å². The standard InChI is InChI=1S/C11H17N5/c1-8-6-15(3)14-11(8)12-5-10-7-16(4)13-9(10)2/h6-7H,5H2,1-4H3,(H,12,14). The second-order valence-corrected chi connectivity index (χ2v) is 4.10. The first-order valence-corrected chi connectivity index (χ1v) is 5.29. The Hall–Kier alpha value is -1.78. The van der Waals surface area contributed by atoms with Gasteiger partial charge in [-0.2, -0.15) is 10.2 Å². The number of hydrogen-bond donors (Lipinski definition) is 1. The Morgan fingerprint density at radius 1 is 1.12 bits per heavy atom. The van der Waals surface area contributed by atoms with Gasteiger partial charge in [-0.25, -0.2) is 0 Å². The van der Waals surface area contributed by atoms with Gasteiger partial charge in [0, 0.05) is 44.2 Å². The van der Waals surface area contributed by atoms with Gasteiger partial charge in [0.1, 0.15) is 0 Å². The molecule has 0 radical (unpaired) electrons. The van der Waals surface area contributed by atoms with Gasteiger partial charge < -0.3 is 5.32 Å². The van der Waals surface area contributed by atoms with Crippen molar-refractivity contribution >= 4 is 5.82 Å². The Balaban J connectivity index is 2.07. The van der Waals surface area contributed by atoms with Gasteiger partial charge in [0.05, 0.1) is 5.69 Å². The highest BCUT2D eigenvalue weighted by atomic mass is 15.3. The molecule has 5 nitrogen and oxygen atoms in total. The highest BCUT2D eigenvalue weighted by Crippen LogP contribution is 2.13. The van der Waals surface area contributed by atoms with Crippen LogP contribution in [0, 0.1) is 13.8 Å². The van der Waals surface area contributed by atoms with Crippen LogP contribution in [0.1, 0.15) is 16.8 Å². The van der Waals surface area contributed by atoms with E-state index in [0.29, 0.717) is 0 Å². The number of nitrogens with one attached hydrogen (secondary N) is 1. The fourth-order valence-corrected chi connectivity index (χ4v) is 1.78. The van der Waals surface area contributed by atoms with Gasteiger partial charge in [-0.1, -0.05) is 0 Å². The third-order valence-electron chi connectivity index (χ3n) is 2.57. The molecule has 0 saturated heterocycles. The van der Waals surface area contributed by atoms with Crippen LogP contribution in [0.15, 0.2) is 12.4 Å². The molecule has 2 heterocycles. The smallest absolute Gasteiger partial charge is 0.151 e.